The van der Waals surface area contributed by atoms with E-state index in [1.165, 1.54) is 23.4 Å². The Labute approximate surface area is 257 Å². The van der Waals surface area contributed by atoms with Crippen molar-refractivity contribution >= 4 is 32.8 Å². The molecule has 2 fully saturated rings. The first kappa shape index (κ1) is 31.1. The predicted molar refractivity (Wildman–Crippen MR) is 168 cm³/mol. The summed E-state index contributed by atoms with van der Waals surface area (Å²) in [6.45, 7) is 12.9. The molecule has 2 aliphatic heterocycles. The fourth-order valence-corrected chi connectivity index (χ4v) is 6.32. The van der Waals surface area contributed by atoms with E-state index in [9.17, 15) is 4.79 Å². The summed E-state index contributed by atoms with van der Waals surface area (Å²) in [7, 11) is 1.73. The van der Waals surface area contributed by atoms with Crippen LogP contribution in [0.4, 0.5) is 0 Å². The van der Waals surface area contributed by atoms with Gasteiger partial charge in [-0.05, 0) is 61.6 Å². The van der Waals surface area contributed by atoms with Crippen molar-refractivity contribution in [1.82, 2.24) is 14.9 Å². The molecule has 0 amide bonds. The van der Waals surface area contributed by atoms with Crippen LogP contribution >= 0.6 is 15.9 Å². The number of hydrogen-bond acceptors (Lipinski definition) is 7. The Bertz CT molecular complexity index is 1390. The number of carbonyl (C=O) groups is 1. The second-order valence-electron chi connectivity index (χ2n) is 12.4. The summed E-state index contributed by atoms with van der Waals surface area (Å²) < 4.78 is 26.7. The lowest BCUT2D eigenvalue weighted by Crippen LogP contribution is -2.40. The van der Waals surface area contributed by atoms with E-state index in [0.29, 0.717) is 32.1 Å². The van der Waals surface area contributed by atoms with Gasteiger partial charge in [-0.15, -0.1) is 0 Å². The molecule has 9 heteroatoms. The van der Waals surface area contributed by atoms with E-state index < -0.39 is 0 Å². The molecule has 0 unspecified atom stereocenters. The number of pyridine rings is 1. The van der Waals surface area contributed by atoms with E-state index in [2.05, 4.69) is 70.9 Å². The number of ether oxygens (including phenoxy) is 4. The van der Waals surface area contributed by atoms with E-state index in [1.807, 2.05) is 6.20 Å². The average molecular weight is 643 g/mol. The number of fused-ring (bicyclic) bond motifs is 1. The van der Waals surface area contributed by atoms with Crippen LogP contribution in [0.5, 0.6) is 0 Å². The smallest absolute Gasteiger partial charge is 0.302 e. The van der Waals surface area contributed by atoms with Crippen molar-refractivity contribution < 1.29 is 23.7 Å². The zero-order chi connectivity index (χ0) is 29.9. The maximum atomic E-state index is 11.7. The SMILES string of the molecule is CO[C@@H](C)c1ncc(C2CNC2)cc1-c1c(CC(C)(C)COC(C)=O)c2cc(Br)ccc2n1CCOC1CCOCC1. The zero-order valence-corrected chi connectivity index (χ0v) is 27.1. The predicted octanol–water partition coefficient (Wildman–Crippen LogP) is 6.19. The number of aromatic nitrogens is 2. The first-order chi connectivity index (χ1) is 20.2. The van der Waals surface area contributed by atoms with Crippen LogP contribution < -0.4 is 5.32 Å². The molecular formula is C33H44BrN3O5. The Morgan fingerprint density at radius 1 is 1.24 bits per heavy atom. The Morgan fingerprint density at radius 2 is 2.00 bits per heavy atom. The second-order valence-corrected chi connectivity index (χ2v) is 13.3. The molecule has 8 nitrogen and oxygen atoms in total. The van der Waals surface area contributed by atoms with Crippen molar-refractivity contribution in [2.45, 2.75) is 71.6 Å². The standard InChI is InChI=1S/C33H44BrN3O5/c1-21(39-5)31-28(14-23(19-36-31)24-17-35-18-24)32-29(16-33(3,4)20-42-22(2)38)27-15-25(34)6-7-30(27)37(32)10-13-41-26-8-11-40-12-9-26/h6-7,14-15,19,21,24,26,35H,8-13,16-18,20H2,1-5H3/t21-/m0/s1. The molecule has 0 spiro atoms. The fraction of sp³-hybridized carbons (Fsp3) is 0.576. The van der Waals surface area contributed by atoms with Crippen molar-refractivity contribution in [1.29, 1.82) is 0 Å². The summed E-state index contributed by atoms with van der Waals surface area (Å²) in [6, 6.07) is 8.82. The summed E-state index contributed by atoms with van der Waals surface area (Å²) in [4.78, 5) is 16.8. The van der Waals surface area contributed by atoms with Crippen LogP contribution in [0.1, 0.15) is 69.4 Å². The van der Waals surface area contributed by atoms with Gasteiger partial charge in [0.2, 0.25) is 0 Å². The number of nitrogens with zero attached hydrogens (tertiary/aromatic N) is 2. The summed E-state index contributed by atoms with van der Waals surface area (Å²) in [6.07, 6.45) is 4.62. The minimum absolute atomic E-state index is 0.188. The van der Waals surface area contributed by atoms with Gasteiger partial charge in [0.05, 0.1) is 36.8 Å². The van der Waals surface area contributed by atoms with Crippen molar-refractivity contribution in [3.63, 3.8) is 0 Å². The average Bonchev–Trinajstić information content (AvgIpc) is 3.22. The monoisotopic (exact) mass is 641 g/mol. The maximum absolute atomic E-state index is 11.7. The van der Waals surface area contributed by atoms with E-state index in [4.69, 9.17) is 23.9 Å². The topological polar surface area (TPSA) is 83.8 Å². The molecule has 0 radical (unpaired) electrons. The van der Waals surface area contributed by atoms with E-state index in [-0.39, 0.29) is 23.6 Å². The summed E-state index contributed by atoms with van der Waals surface area (Å²) in [5.74, 6) is 0.178. The van der Waals surface area contributed by atoms with Crippen LogP contribution in [0.25, 0.3) is 22.2 Å². The summed E-state index contributed by atoms with van der Waals surface area (Å²) in [5.41, 5.74) is 6.44. The van der Waals surface area contributed by atoms with Gasteiger partial charge in [0, 0.05) is 85.4 Å². The third-order valence-electron chi connectivity index (χ3n) is 8.47. The molecule has 0 saturated carbocycles. The van der Waals surface area contributed by atoms with Crippen LogP contribution in [-0.2, 0) is 36.7 Å². The van der Waals surface area contributed by atoms with Gasteiger partial charge in [-0.1, -0.05) is 29.8 Å². The highest BCUT2D eigenvalue weighted by Gasteiger charge is 2.30. The molecule has 2 saturated heterocycles. The molecule has 2 aromatic heterocycles. The highest BCUT2D eigenvalue weighted by molar-refractivity contribution is 9.10. The van der Waals surface area contributed by atoms with Gasteiger partial charge >= 0.3 is 5.97 Å². The highest BCUT2D eigenvalue weighted by atomic mass is 79.9. The number of esters is 1. The minimum Gasteiger partial charge on any atom is -0.465 e. The molecule has 42 heavy (non-hydrogen) atoms. The van der Waals surface area contributed by atoms with Crippen molar-refractivity contribution in [3.05, 3.63) is 51.8 Å². The third kappa shape index (κ3) is 7.08. The molecule has 5 rings (SSSR count). The maximum Gasteiger partial charge on any atom is 0.302 e. The van der Waals surface area contributed by atoms with Gasteiger partial charge in [-0.3, -0.25) is 9.78 Å². The van der Waals surface area contributed by atoms with Gasteiger partial charge in [0.15, 0.2) is 0 Å². The molecule has 228 valence electrons. The molecule has 0 bridgehead atoms. The molecule has 0 aliphatic carbocycles. The lowest BCUT2D eigenvalue weighted by atomic mass is 9.84. The number of carbonyl (C=O) groups excluding carboxylic acids is 1. The normalized spacial score (nSPS) is 17.4. The number of benzene rings is 1. The summed E-state index contributed by atoms with van der Waals surface area (Å²) in [5, 5.41) is 4.58. The van der Waals surface area contributed by atoms with Crippen LogP contribution in [0.3, 0.4) is 0 Å². The number of hydrogen-bond donors (Lipinski definition) is 1. The lowest BCUT2D eigenvalue weighted by Gasteiger charge is -2.29. The van der Waals surface area contributed by atoms with Gasteiger partial charge < -0.3 is 28.8 Å². The molecule has 1 N–H and O–H groups in total. The molecule has 3 aromatic rings. The zero-order valence-electron chi connectivity index (χ0n) is 25.5. The first-order valence-corrected chi connectivity index (χ1v) is 15.8. The number of rotatable bonds is 12. The van der Waals surface area contributed by atoms with Gasteiger partial charge in [0.1, 0.15) is 0 Å². The molecule has 2 aliphatic rings. The quantitative estimate of drug-likeness (QED) is 0.236. The van der Waals surface area contributed by atoms with Gasteiger partial charge in [-0.2, -0.15) is 0 Å². The van der Waals surface area contributed by atoms with Gasteiger partial charge in [-0.25, -0.2) is 0 Å². The van der Waals surface area contributed by atoms with Gasteiger partial charge in [0.25, 0.3) is 0 Å². The molecule has 4 heterocycles. The van der Waals surface area contributed by atoms with Crippen LogP contribution in [-0.4, -0.2) is 68.3 Å². The van der Waals surface area contributed by atoms with Crippen LogP contribution in [0.15, 0.2) is 34.9 Å². The Balaban J connectivity index is 1.67. The molecular weight excluding hydrogens is 598 g/mol. The number of halogens is 1. The first-order valence-electron chi connectivity index (χ1n) is 15.0. The number of methoxy groups -OCH3 is 1. The Morgan fingerprint density at radius 3 is 2.67 bits per heavy atom. The Hall–Kier alpha value is -2.30. The van der Waals surface area contributed by atoms with E-state index >= 15 is 0 Å². The van der Waals surface area contributed by atoms with Crippen molar-refractivity contribution in [2.75, 3.05) is 46.6 Å². The van der Waals surface area contributed by atoms with Crippen LogP contribution in [0.2, 0.25) is 0 Å². The molecule has 1 atom stereocenters. The lowest BCUT2D eigenvalue weighted by molar-refractivity contribution is -0.143. The largest absolute Gasteiger partial charge is 0.465 e. The van der Waals surface area contributed by atoms with Crippen LogP contribution in [0, 0.1) is 5.41 Å². The second kappa shape index (κ2) is 13.6. The number of nitrogens with one attached hydrogen (secondary N) is 1. The fourth-order valence-electron chi connectivity index (χ4n) is 5.96. The van der Waals surface area contributed by atoms with Crippen molar-refractivity contribution in [2.24, 2.45) is 5.41 Å². The molecule has 1 aromatic carbocycles. The Kier molecular flexibility index (Phi) is 10.0. The van der Waals surface area contributed by atoms with E-state index in [0.717, 1.165) is 66.1 Å². The van der Waals surface area contributed by atoms with Crippen molar-refractivity contribution in [3.8, 4) is 11.3 Å². The summed E-state index contributed by atoms with van der Waals surface area (Å²) >= 11 is 3.73. The highest BCUT2D eigenvalue weighted by Crippen LogP contribution is 2.42. The van der Waals surface area contributed by atoms with E-state index in [1.54, 1.807) is 7.11 Å². The third-order valence-corrected chi connectivity index (χ3v) is 8.97. The minimum atomic E-state index is -0.295.